The van der Waals surface area contributed by atoms with Crippen LogP contribution in [-0.2, 0) is 20.1 Å². The number of pyridine rings is 2. The largest absolute Gasteiger partial charge is 0.571 e. The molecule has 3 aromatic rings. The van der Waals surface area contributed by atoms with E-state index < -0.39 is 11.9 Å². The Kier molecular flexibility index (Phi) is 7.01. The topological polar surface area (TPSA) is 90.1 Å². The van der Waals surface area contributed by atoms with E-state index in [2.05, 4.69) is 20.2 Å². The van der Waals surface area contributed by atoms with E-state index in [-0.39, 0.29) is 25.8 Å². The van der Waals surface area contributed by atoms with Crippen molar-refractivity contribution >= 4 is 5.97 Å². The molecule has 0 aliphatic heterocycles. The first kappa shape index (κ1) is 17.6. The SMILES string of the molecule is Fc1cc(-c2ccccn2)[n-]n1.O=C(O)c1ccccn1.[Ir]. The Morgan fingerprint density at radius 2 is 1.77 bits per heavy atom. The molecule has 6 nitrogen and oxygen atoms in total. The van der Waals surface area contributed by atoms with Crippen molar-refractivity contribution in [2.45, 2.75) is 0 Å². The third kappa shape index (κ3) is 5.16. The van der Waals surface area contributed by atoms with Gasteiger partial charge in [0.15, 0.2) is 5.95 Å². The van der Waals surface area contributed by atoms with Crippen molar-refractivity contribution in [3.05, 3.63) is 66.5 Å². The summed E-state index contributed by atoms with van der Waals surface area (Å²) < 4.78 is 12.4. The van der Waals surface area contributed by atoms with Gasteiger partial charge in [-0.25, -0.2) is 9.78 Å². The Hall–Kier alpha value is -2.44. The first-order chi connectivity index (χ1) is 10.2. The molecule has 115 valence electrons. The fourth-order valence-corrected chi connectivity index (χ4v) is 1.40. The van der Waals surface area contributed by atoms with Crippen LogP contribution in [0.2, 0.25) is 0 Å². The normalized spacial score (nSPS) is 9.14. The maximum atomic E-state index is 12.4. The molecule has 3 heterocycles. The maximum Gasteiger partial charge on any atom is 0.354 e. The second kappa shape index (κ2) is 8.76. The van der Waals surface area contributed by atoms with Crippen molar-refractivity contribution in [1.82, 2.24) is 20.2 Å². The quantitative estimate of drug-likeness (QED) is 0.608. The molecular formula is C14H10FIrN4O2-. The van der Waals surface area contributed by atoms with Gasteiger partial charge in [0.25, 0.3) is 0 Å². The molecular weight excluding hydrogens is 467 g/mol. The van der Waals surface area contributed by atoms with Crippen LogP contribution in [0.3, 0.4) is 0 Å². The third-order valence-corrected chi connectivity index (χ3v) is 2.32. The zero-order valence-electron chi connectivity index (χ0n) is 11.1. The first-order valence-corrected chi connectivity index (χ1v) is 5.88. The van der Waals surface area contributed by atoms with Crippen molar-refractivity contribution in [1.29, 1.82) is 0 Å². The van der Waals surface area contributed by atoms with Crippen molar-refractivity contribution < 1.29 is 34.4 Å². The Bertz CT molecular complexity index is 707. The Morgan fingerprint density at radius 1 is 1.09 bits per heavy atom. The summed E-state index contributed by atoms with van der Waals surface area (Å²) in [7, 11) is 0. The smallest absolute Gasteiger partial charge is 0.354 e. The molecule has 0 aliphatic carbocycles. The van der Waals surface area contributed by atoms with Crippen LogP contribution in [-0.4, -0.2) is 26.1 Å². The van der Waals surface area contributed by atoms with Gasteiger partial charge in [-0.15, -0.1) is 0 Å². The van der Waals surface area contributed by atoms with E-state index in [0.29, 0.717) is 11.4 Å². The minimum absolute atomic E-state index is 0. The summed E-state index contributed by atoms with van der Waals surface area (Å²) in [5.74, 6) is -1.56. The molecule has 3 rings (SSSR count). The number of rotatable bonds is 2. The summed E-state index contributed by atoms with van der Waals surface area (Å²) in [6.07, 6.45) is 3.07. The van der Waals surface area contributed by atoms with Gasteiger partial charge in [0, 0.05) is 38.2 Å². The van der Waals surface area contributed by atoms with Crippen LogP contribution in [0.15, 0.2) is 54.9 Å². The number of nitrogens with zero attached hydrogens (tertiary/aromatic N) is 4. The van der Waals surface area contributed by atoms with Gasteiger partial charge in [0.1, 0.15) is 5.69 Å². The van der Waals surface area contributed by atoms with Crippen LogP contribution in [0.4, 0.5) is 4.39 Å². The van der Waals surface area contributed by atoms with Crippen LogP contribution in [0.25, 0.3) is 11.4 Å². The minimum atomic E-state index is -0.990. The van der Waals surface area contributed by atoms with Gasteiger partial charge in [-0.1, -0.05) is 17.8 Å². The molecule has 0 fully saturated rings. The van der Waals surface area contributed by atoms with E-state index in [1.165, 1.54) is 18.3 Å². The zero-order chi connectivity index (χ0) is 15.1. The van der Waals surface area contributed by atoms with Gasteiger partial charge in [-0.2, -0.15) is 4.39 Å². The molecule has 8 heteroatoms. The standard InChI is InChI=1S/C8H5FN3.C6H5NO2.Ir/c9-8-5-7(11-12-8)6-3-1-2-4-10-6;8-6(9)5-3-1-2-4-7-5;/h1-5H;1-4H,(H,8,9);/q-1;;. The van der Waals surface area contributed by atoms with Crippen molar-refractivity contribution in [2.24, 2.45) is 0 Å². The average molecular weight is 477 g/mol. The molecule has 0 aromatic carbocycles. The number of aromatic carboxylic acids is 1. The molecule has 0 saturated carbocycles. The summed E-state index contributed by atoms with van der Waals surface area (Å²) in [5.41, 5.74) is 1.18. The van der Waals surface area contributed by atoms with Crippen LogP contribution >= 0.6 is 0 Å². The molecule has 22 heavy (non-hydrogen) atoms. The monoisotopic (exact) mass is 478 g/mol. The molecule has 0 bridgehead atoms. The van der Waals surface area contributed by atoms with Crippen molar-refractivity contribution in [3.63, 3.8) is 0 Å². The molecule has 1 N–H and O–H groups in total. The summed E-state index contributed by atoms with van der Waals surface area (Å²) in [6.45, 7) is 0. The van der Waals surface area contributed by atoms with Crippen LogP contribution < -0.4 is 5.10 Å². The number of carboxylic acids is 1. The molecule has 0 unspecified atom stereocenters. The second-order valence-corrected chi connectivity index (χ2v) is 3.79. The van der Waals surface area contributed by atoms with E-state index >= 15 is 0 Å². The molecule has 3 aromatic heterocycles. The third-order valence-electron chi connectivity index (χ3n) is 2.32. The van der Waals surface area contributed by atoms with E-state index in [4.69, 9.17) is 5.11 Å². The summed E-state index contributed by atoms with van der Waals surface area (Å²) in [5, 5.41) is 15.2. The van der Waals surface area contributed by atoms with Gasteiger partial charge in [0.05, 0.1) is 0 Å². The number of halogens is 1. The maximum absolute atomic E-state index is 12.4. The zero-order valence-corrected chi connectivity index (χ0v) is 13.4. The van der Waals surface area contributed by atoms with Gasteiger partial charge < -0.3 is 15.3 Å². The Balaban J connectivity index is 0.000000219. The van der Waals surface area contributed by atoms with Gasteiger partial charge in [-0.05, 0) is 30.3 Å². The van der Waals surface area contributed by atoms with Crippen molar-refractivity contribution in [3.8, 4) is 11.4 Å². The molecule has 0 atom stereocenters. The minimum Gasteiger partial charge on any atom is -0.571 e. The fourth-order valence-electron chi connectivity index (χ4n) is 1.40. The summed E-state index contributed by atoms with van der Waals surface area (Å²) >= 11 is 0. The van der Waals surface area contributed by atoms with E-state index in [9.17, 15) is 9.18 Å². The van der Waals surface area contributed by atoms with E-state index in [0.717, 1.165) is 0 Å². The van der Waals surface area contributed by atoms with E-state index in [1.54, 1.807) is 30.5 Å². The predicted octanol–water partition coefficient (Wildman–Crippen LogP) is 2.02. The number of carboxylic acid groups (broad SMARTS) is 1. The van der Waals surface area contributed by atoms with E-state index in [1.807, 2.05) is 6.07 Å². The number of hydrogen-bond donors (Lipinski definition) is 1. The Labute approximate surface area is 138 Å². The number of carbonyl (C=O) groups is 1. The summed E-state index contributed by atoms with van der Waals surface area (Å²) in [6, 6.07) is 11.4. The van der Waals surface area contributed by atoms with Crippen LogP contribution in [0, 0.1) is 5.95 Å². The number of hydrogen-bond acceptors (Lipinski definition) is 4. The predicted molar refractivity (Wildman–Crippen MR) is 71.9 cm³/mol. The molecule has 1 radical (unpaired) electrons. The van der Waals surface area contributed by atoms with Crippen LogP contribution in [0.5, 0.6) is 0 Å². The number of aromatic nitrogens is 4. The van der Waals surface area contributed by atoms with Gasteiger partial charge >= 0.3 is 5.97 Å². The van der Waals surface area contributed by atoms with Gasteiger partial charge in [-0.3, -0.25) is 4.98 Å². The fraction of sp³-hybridized carbons (Fsp3) is 0. The second-order valence-electron chi connectivity index (χ2n) is 3.79. The molecule has 0 spiro atoms. The molecule has 0 saturated heterocycles. The average Bonchev–Trinajstić information content (AvgIpc) is 2.96. The first-order valence-electron chi connectivity index (χ1n) is 5.88. The van der Waals surface area contributed by atoms with Crippen LogP contribution in [0.1, 0.15) is 10.5 Å². The van der Waals surface area contributed by atoms with Gasteiger partial charge in [0.2, 0.25) is 0 Å². The molecule has 0 amide bonds. The van der Waals surface area contributed by atoms with Crippen molar-refractivity contribution in [2.75, 3.05) is 0 Å². The summed E-state index contributed by atoms with van der Waals surface area (Å²) in [4.78, 5) is 17.7. The molecule has 0 aliphatic rings. The Morgan fingerprint density at radius 3 is 2.18 bits per heavy atom.